The molecule has 0 unspecified atom stereocenters. The van der Waals surface area contributed by atoms with Crippen molar-refractivity contribution in [1.82, 2.24) is 19.6 Å². The summed E-state index contributed by atoms with van der Waals surface area (Å²) < 4.78 is 39.6. The fourth-order valence-electron chi connectivity index (χ4n) is 7.92. The van der Waals surface area contributed by atoms with E-state index in [1.54, 1.807) is 40.1 Å². The van der Waals surface area contributed by atoms with Gasteiger partial charge in [0.1, 0.15) is 11.4 Å². The average molecular weight is 804 g/mol. The van der Waals surface area contributed by atoms with Gasteiger partial charge in [0.25, 0.3) is 20.1 Å². The standard InChI is InChI=1S/C42H42Cl2F2N4O4Si/c1-27-21-37-34(25-49(27)39(51)29-17-20-35(43)36(44)22-29)38-40(52)48(23-28-15-18-31(19-16-28)54-41(45)46)24-30(50(38)47-37)26-53-55(42(2,3)4,32-11-7-5-8-12-32)33-13-9-6-10-14-33/h5-20,22,27,30,41H,21,23-26H2,1-4H3/t27-,30+/m1/s1. The number of hydrogen-bond donors (Lipinski definition) is 0. The summed E-state index contributed by atoms with van der Waals surface area (Å²) in [6.07, 6.45) is 0.448. The highest BCUT2D eigenvalue weighted by Gasteiger charge is 2.51. The normalized spacial score (nSPS) is 17.3. The fourth-order valence-corrected chi connectivity index (χ4v) is 12.8. The van der Waals surface area contributed by atoms with Crippen LogP contribution >= 0.6 is 23.2 Å². The SMILES string of the molecule is C[C@@H]1Cc2nn3c(c2CN1C(=O)c1ccc(Cl)c(Cl)c1)C(=O)N(Cc1ccc(OC(F)F)cc1)C[C@H]3CO[Si](c1ccccc1)(c1ccccc1)C(C)(C)C. The van der Waals surface area contributed by atoms with E-state index in [1.165, 1.54) is 12.1 Å². The van der Waals surface area contributed by atoms with Gasteiger partial charge in [0.15, 0.2) is 0 Å². The lowest BCUT2D eigenvalue weighted by atomic mass is 9.97. The molecule has 0 saturated carbocycles. The number of ether oxygens (including phenoxy) is 1. The third kappa shape index (κ3) is 7.55. The van der Waals surface area contributed by atoms with E-state index in [1.807, 2.05) is 48.0 Å². The molecule has 8 nitrogen and oxygen atoms in total. The van der Waals surface area contributed by atoms with E-state index in [9.17, 15) is 18.4 Å². The van der Waals surface area contributed by atoms with Crippen molar-refractivity contribution in [2.24, 2.45) is 0 Å². The summed E-state index contributed by atoms with van der Waals surface area (Å²) >= 11 is 12.4. The molecule has 3 heterocycles. The van der Waals surface area contributed by atoms with Crippen LogP contribution in [0.1, 0.15) is 71.4 Å². The van der Waals surface area contributed by atoms with E-state index >= 15 is 0 Å². The largest absolute Gasteiger partial charge is 0.435 e. The number of carbonyl (C=O) groups excluding carboxylic acids is 2. The molecule has 0 bridgehead atoms. The quantitative estimate of drug-likeness (QED) is 0.133. The molecule has 1 aromatic heterocycles. The van der Waals surface area contributed by atoms with Gasteiger partial charge in [-0.3, -0.25) is 14.3 Å². The highest BCUT2D eigenvalue weighted by Crippen LogP contribution is 2.39. The Hall–Kier alpha value is -4.55. The van der Waals surface area contributed by atoms with Crippen LogP contribution in [0, 0.1) is 0 Å². The Morgan fingerprint density at radius 2 is 1.56 bits per heavy atom. The van der Waals surface area contributed by atoms with Crippen LogP contribution in [-0.4, -0.2) is 65.5 Å². The fraction of sp³-hybridized carbons (Fsp3) is 0.310. The van der Waals surface area contributed by atoms with Gasteiger partial charge in [-0.2, -0.15) is 13.9 Å². The number of amides is 2. The minimum absolute atomic E-state index is 0.0355. The van der Waals surface area contributed by atoms with Crippen molar-refractivity contribution in [3.63, 3.8) is 0 Å². The second-order valence-electron chi connectivity index (χ2n) is 15.2. The summed E-state index contributed by atoms with van der Waals surface area (Å²) in [5.74, 6) is -0.428. The first-order valence-corrected chi connectivity index (χ1v) is 20.9. The van der Waals surface area contributed by atoms with Gasteiger partial charge in [-0.1, -0.05) is 117 Å². The maximum atomic E-state index is 14.6. The van der Waals surface area contributed by atoms with Gasteiger partial charge >= 0.3 is 6.61 Å². The van der Waals surface area contributed by atoms with Crippen LogP contribution in [0.5, 0.6) is 5.75 Å². The first-order chi connectivity index (χ1) is 26.3. The lowest BCUT2D eigenvalue weighted by molar-refractivity contribution is -0.0498. The summed E-state index contributed by atoms with van der Waals surface area (Å²) in [6, 6.07) is 31.3. The minimum Gasteiger partial charge on any atom is -0.435 e. The molecule has 286 valence electrons. The molecular weight excluding hydrogens is 761 g/mol. The minimum atomic E-state index is -2.97. The second kappa shape index (κ2) is 15.5. The van der Waals surface area contributed by atoms with Crippen molar-refractivity contribution in [3.8, 4) is 5.75 Å². The Balaban J connectivity index is 1.28. The predicted octanol–water partition coefficient (Wildman–Crippen LogP) is 8.15. The highest BCUT2D eigenvalue weighted by atomic mass is 35.5. The summed E-state index contributed by atoms with van der Waals surface area (Å²) in [6.45, 7) is 6.62. The molecular formula is C42H42Cl2F2N4O4Si. The summed E-state index contributed by atoms with van der Waals surface area (Å²) in [5.41, 5.74) is 3.01. The van der Waals surface area contributed by atoms with E-state index in [0.29, 0.717) is 34.8 Å². The number of hydrogen-bond acceptors (Lipinski definition) is 5. The van der Waals surface area contributed by atoms with Crippen molar-refractivity contribution >= 4 is 53.7 Å². The van der Waals surface area contributed by atoms with Crippen LogP contribution in [0.3, 0.4) is 0 Å². The highest BCUT2D eigenvalue weighted by molar-refractivity contribution is 6.99. The molecule has 7 rings (SSSR count). The molecule has 2 aliphatic rings. The van der Waals surface area contributed by atoms with Crippen LogP contribution in [0.2, 0.25) is 15.1 Å². The number of nitrogens with zero attached hydrogens (tertiary/aromatic N) is 4. The topological polar surface area (TPSA) is 76.9 Å². The molecule has 5 aromatic rings. The van der Waals surface area contributed by atoms with Crippen LogP contribution in [0.25, 0.3) is 0 Å². The van der Waals surface area contributed by atoms with E-state index in [4.69, 9.17) is 32.7 Å². The molecule has 13 heteroatoms. The molecule has 0 fully saturated rings. The van der Waals surface area contributed by atoms with Crippen LogP contribution in [0.4, 0.5) is 8.78 Å². The molecule has 0 saturated heterocycles. The van der Waals surface area contributed by atoms with Crippen molar-refractivity contribution in [1.29, 1.82) is 0 Å². The molecule has 2 atom stereocenters. The molecule has 0 spiro atoms. The Bertz CT molecular complexity index is 2140. The third-order valence-electron chi connectivity index (χ3n) is 10.6. The van der Waals surface area contributed by atoms with Gasteiger partial charge in [-0.15, -0.1) is 0 Å². The second-order valence-corrected chi connectivity index (χ2v) is 20.3. The number of alkyl halides is 2. The van der Waals surface area contributed by atoms with Crippen molar-refractivity contribution in [3.05, 3.63) is 141 Å². The molecule has 4 aromatic carbocycles. The maximum Gasteiger partial charge on any atom is 0.387 e. The monoisotopic (exact) mass is 802 g/mol. The zero-order chi connectivity index (χ0) is 39.1. The maximum absolute atomic E-state index is 14.6. The van der Waals surface area contributed by atoms with E-state index in [0.717, 1.165) is 21.6 Å². The van der Waals surface area contributed by atoms with E-state index in [-0.39, 0.29) is 59.4 Å². The van der Waals surface area contributed by atoms with Crippen molar-refractivity contribution in [2.75, 3.05) is 13.2 Å². The molecule has 0 aliphatic carbocycles. The van der Waals surface area contributed by atoms with Gasteiger partial charge in [-0.25, -0.2) is 0 Å². The summed E-state index contributed by atoms with van der Waals surface area (Å²) in [4.78, 5) is 32.0. The van der Waals surface area contributed by atoms with Crippen molar-refractivity contribution < 1.29 is 27.5 Å². The first-order valence-electron chi connectivity index (χ1n) is 18.2. The Morgan fingerprint density at radius 1 is 0.927 bits per heavy atom. The number of aromatic nitrogens is 2. The number of benzene rings is 4. The van der Waals surface area contributed by atoms with Gasteiger partial charge in [-0.05, 0) is 58.2 Å². The van der Waals surface area contributed by atoms with Gasteiger partial charge in [0, 0.05) is 36.7 Å². The molecule has 2 aliphatic heterocycles. The average Bonchev–Trinajstić information content (AvgIpc) is 3.53. The molecule has 2 amide bonds. The summed E-state index contributed by atoms with van der Waals surface area (Å²) in [5, 5.41) is 7.71. The Labute approximate surface area is 330 Å². The van der Waals surface area contributed by atoms with Crippen molar-refractivity contribution in [2.45, 2.75) is 70.9 Å². The molecule has 55 heavy (non-hydrogen) atoms. The predicted molar refractivity (Wildman–Crippen MR) is 212 cm³/mol. The van der Waals surface area contributed by atoms with Gasteiger partial charge in [0.2, 0.25) is 0 Å². The number of fused-ring (bicyclic) bond motifs is 3. The van der Waals surface area contributed by atoms with Crippen LogP contribution < -0.4 is 15.1 Å². The smallest absolute Gasteiger partial charge is 0.387 e. The number of carbonyl (C=O) groups is 2. The Kier molecular flexibility index (Phi) is 10.9. The zero-order valence-corrected chi connectivity index (χ0v) is 33.5. The number of rotatable bonds is 10. The molecule has 0 N–H and O–H groups in total. The van der Waals surface area contributed by atoms with E-state index < -0.39 is 14.9 Å². The first kappa shape index (κ1) is 38.7. The lowest BCUT2D eigenvalue weighted by Gasteiger charge is -2.44. The summed E-state index contributed by atoms with van der Waals surface area (Å²) in [7, 11) is -2.97. The molecule has 0 radical (unpaired) electrons. The third-order valence-corrected chi connectivity index (χ3v) is 16.3. The zero-order valence-electron chi connectivity index (χ0n) is 31.0. The van der Waals surface area contributed by atoms with Gasteiger partial charge < -0.3 is 19.0 Å². The van der Waals surface area contributed by atoms with E-state index in [2.05, 4.69) is 49.8 Å². The van der Waals surface area contributed by atoms with Gasteiger partial charge in [0.05, 0.1) is 34.9 Å². The van der Waals surface area contributed by atoms with Crippen LogP contribution in [-0.2, 0) is 23.9 Å². The number of halogens is 4. The van der Waals surface area contributed by atoms with Crippen LogP contribution in [0.15, 0.2) is 103 Å². The Morgan fingerprint density at radius 3 is 2.15 bits per heavy atom. The lowest BCUT2D eigenvalue weighted by Crippen LogP contribution is -2.67.